The minimum atomic E-state index is -4.83. The van der Waals surface area contributed by atoms with Crippen LogP contribution in [0.5, 0.6) is 0 Å². The van der Waals surface area contributed by atoms with E-state index in [0.717, 1.165) is 4.90 Å². The number of nitrogens with zero attached hydrogens (tertiary/aromatic N) is 2. The Hall–Kier alpha value is -1.60. The molecule has 98 valence electrons. The van der Waals surface area contributed by atoms with Crippen molar-refractivity contribution in [2.45, 2.75) is 19.5 Å². The van der Waals surface area contributed by atoms with Crippen LogP contribution in [-0.4, -0.2) is 49.5 Å². The molecule has 17 heavy (non-hydrogen) atoms. The fourth-order valence-corrected chi connectivity index (χ4v) is 0.767. The normalized spacial score (nSPS) is 12.2. The molecule has 0 spiro atoms. The highest BCUT2D eigenvalue weighted by Gasteiger charge is 2.38. The lowest BCUT2D eigenvalue weighted by Crippen LogP contribution is -2.30. The lowest BCUT2D eigenvalue weighted by molar-refractivity contribution is -0.142. The molecule has 0 bridgehead atoms. The van der Waals surface area contributed by atoms with Crippen LogP contribution in [0.4, 0.5) is 18.0 Å². The summed E-state index contributed by atoms with van der Waals surface area (Å²) < 4.78 is 41.7. The lowest BCUT2D eigenvalue weighted by Gasteiger charge is -2.11. The van der Waals surface area contributed by atoms with Gasteiger partial charge in [-0.05, 0) is 6.92 Å². The van der Waals surface area contributed by atoms with E-state index >= 15 is 0 Å². The maximum Gasteiger partial charge on any atom is 0.430 e. The van der Waals surface area contributed by atoms with Crippen LogP contribution in [-0.2, 0) is 9.53 Å². The van der Waals surface area contributed by atoms with E-state index in [1.807, 2.05) is 0 Å². The minimum Gasteiger partial charge on any atom is -0.466 e. The first-order valence-corrected chi connectivity index (χ1v) is 4.70. The number of alkyl halides is 3. The molecule has 0 aliphatic carbocycles. The molecule has 0 radical (unpaired) electrons. The Bertz CT molecular complexity index is 324. The van der Waals surface area contributed by atoms with Gasteiger partial charge >= 0.3 is 18.2 Å². The molecule has 0 aromatic carbocycles. The van der Waals surface area contributed by atoms with Gasteiger partial charge in [0.2, 0.25) is 0 Å². The monoisotopic (exact) mass is 254 g/mol. The van der Waals surface area contributed by atoms with Gasteiger partial charge < -0.3 is 9.64 Å². The van der Waals surface area contributed by atoms with Crippen LogP contribution < -0.4 is 0 Å². The lowest BCUT2D eigenvalue weighted by atomic mass is 10.2. The molecule has 0 fully saturated rings. The maximum absolute atomic E-state index is 12.4. The van der Waals surface area contributed by atoms with E-state index in [9.17, 15) is 22.8 Å². The van der Waals surface area contributed by atoms with E-state index in [4.69, 9.17) is 0 Å². The molecule has 0 aromatic heterocycles. The molecule has 0 aromatic rings. The van der Waals surface area contributed by atoms with Crippen LogP contribution in [0.1, 0.15) is 13.3 Å². The van der Waals surface area contributed by atoms with E-state index in [2.05, 4.69) is 9.73 Å². The van der Waals surface area contributed by atoms with E-state index in [0.29, 0.717) is 0 Å². The highest BCUT2D eigenvalue weighted by atomic mass is 19.4. The first-order chi connectivity index (χ1) is 7.68. The van der Waals surface area contributed by atoms with Crippen LogP contribution in [0.25, 0.3) is 0 Å². The van der Waals surface area contributed by atoms with Crippen molar-refractivity contribution in [2.24, 2.45) is 4.99 Å². The van der Waals surface area contributed by atoms with Crippen molar-refractivity contribution in [3.8, 4) is 0 Å². The number of carbonyl (C=O) groups excluding carboxylic acids is 2. The first-order valence-electron chi connectivity index (χ1n) is 4.70. The second-order valence-corrected chi connectivity index (χ2v) is 3.22. The number of rotatable bonds is 3. The zero-order valence-corrected chi connectivity index (χ0v) is 9.67. The largest absolute Gasteiger partial charge is 0.466 e. The second-order valence-electron chi connectivity index (χ2n) is 3.22. The second kappa shape index (κ2) is 6.21. The van der Waals surface area contributed by atoms with E-state index < -0.39 is 30.3 Å². The molecule has 0 N–H and O–H groups in total. The van der Waals surface area contributed by atoms with Crippen LogP contribution in [0.15, 0.2) is 4.99 Å². The number of urea groups is 1. The number of aliphatic imine (C=N–C) groups is 1. The van der Waals surface area contributed by atoms with Gasteiger partial charge in [-0.15, -0.1) is 0 Å². The van der Waals surface area contributed by atoms with Gasteiger partial charge in [0.15, 0.2) is 0 Å². The Morgan fingerprint density at radius 3 is 2.18 bits per heavy atom. The van der Waals surface area contributed by atoms with Gasteiger partial charge in [0.05, 0.1) is 13.0 Å². The smallest absolute Gasteiger partial charge is 0.430 e. The van der Waals surface area contributed by atoms with Crippen LogP contribution in [0.3, 0.4) is 0 Å². The Labute approximate surface area is 96.2 Å². The predicted octanol–water partition coefficient (Wildman–Crippen LogP) is 1.62. The maximum atomic E-state index is 12.4. The van der Waals surface area contributed by atoms with Gasteiger partial charge in [0.25, 0.3) is 0 Å². The number of hydrogen-bond donors (Lipinski definition) is 0. The van der Waals surface area contributed by atoms with Crippen LogP contribution in [0.2, 0.25) is 0 Å². The molecule has 0 rings (SSSR count). The molecule has 0 saturated carbocycles. The average molecular weight is 254 g/mol. The van der Waals surface area contributed by atoms with Crippen molar-refractivity contribution in [1.82, 2.24) is 4.90 Å². The van der Waals surface area contributed by atoms with Crippen molar-refractivity contribution in [2.75, 3.05) is 20.7 Å². The summed E-state index contributed by atoms with van der Waals surface area (Å²) in [5.41, 5.74) is -1.46. The van der Waals surface area contributed by atoms with Crippen LogP contribution in [0, 0.1) is 0 Å². The summed E-state index contributed by atoms with van der Waals surface area (Å²) in [5, 5.41) is 0. The van der Waals surface area contributed by atoms with Gasteiger partial charge in [-0.25, -0.2) is 4.79 Å². The molecular weight excluding hydrogens is 241 g/mol. The van der Waals surface area contributed by atoms with E-state index in [1.165, 1.54) is 21.0 Å². The fourth-order valence-electron chi connectivity index (χ4n) is 0.767. The number of halogens is 3. The van der Waals surface area contributed by atoms with Gasteiger partial charge in [-0.1, -0.05) is 0 Å². The summed E-state index contributed by atoms with van der Waals surface area (Å²) in [6.45, 7) is 1.43. The highest BCUT2D eigenvalue weighted by molar-refractivity contribution is 6.06. The quantitative estimate of drug-likeness (QED) is 0.568. The zero-order valence-electron chi connectivity index (χ0n) is 9.67. The third-order valence-corrected chi connectivity index (χ3v) is 1.56. The summed E-state index contributed by atoms with van der Waals surface area (Å²) >= 11 is 0. The molecule has 8 heteroatoms. The molecular formula is C9H13F3N2O3. The molecule has 0 saturated heterocycles. The van der Waals surface area contributed by atoms with Gasteiger partial charge in [0.1, 0.15) is 5.71 Å². The van der Waals surface area contributed by atoms with E-state index in [-0.39, 0.29) is 6.61 Å². The molecule has 0 aliphatic heterocycles. The Balaban J connectivity index is 4.91. The number of ether oxygens (including phenoxy) is 1. The highest BCUT2D eigenvalue weighted by Crippen LogP contribution is 2.20. The summed E-state index contributed by atoms with van der Waals surface area (Å²) in [5.74, 6) is -1.07. The molecule has 0 aliphatic rings. The number of amides is 2. The average Bonchev–Trinajstić information content (AvgIpc) is 2.15. The minimum absolute atomic E-state index is 0.0361. The SMILES string of the molecule is CCOC(=O)CC(=NC(=O)N(C)C)C(F)(F)F. The summed E-state index contributed by atoms with van der Waals surface area (Å²) in [6, 6.07) is -1.08. The Morgan fingerprint density at radius 1 is 1.29 bits per heavy atom. The standard InChI is InChI=1S/C9H13F3N2O3/c1-4-17-7(15)5-6(9(10,11)12)13-8(16)14(2)3/h4-5H2,1-3H3. The summed E-state index contributed by atoms with van der Waals surface area (Å²) in [4.78, 5) is 25.7. The molecule has 0 unspecified atom stereocenters. The number of carbonyl (C=O) groups is 2. The van der Waals surface area contributed by atoms with Gasteiger partial charge in [-0.2, -0.15) is 18.2 Å². The Kier molecular flexibility index (Phi) is 5.63. The number of esters is 1. The van der Waals surface area contributed by atoms with Crippen molar-refractivity contribution in [3.63, 3.8) is 0 Å². The molecule has 5 nitrogen and oxygen atoms in total. The van der Waals surface area contributed by atoms with Crippen molar-refractivity contribution < 1.29 is 27.5 Å². The molecule has 0 heterocycles. The van der Waals surface area contributed by atoms with Crippen LogP contribution >= 0.6 is 0 Å². The third kappa shape index (κ3) is 5.88. The number of hydrogen-bond acceptors (Lipinski definition) is 3. The van der Waals surface area contributed by atoms with E-state index in [1.54, 1.807) is 0 Å². The van der Waals surface area contributed by atoms with Gasteiger partial charge in [-0.3, -0.25) is 4.79 Å². The Morgan fingerprint density at radius 2 is 1.82 bits per heavy atom. The topological polar surface area (TPSA) is 59.0 Å². The van der Waals surface area contributed by atoms with Crippen molar-refractivity contribution in [1.29, 1.82) is 0 Å². The third-order valence-electron chi connectivity index (χ3n) is 1.56. The molecule has 2 amide bonds. The van der Waals surface area contributed by atoms with Gasteiger partial charge in [0, 0.05) is 14.1 Å². The van der Waals surface area contributed by atoms with Crippen molar-refractivity contribution in [3.05, 3.63) is 0 Å². The predicted molar refractivity (Wildman–Crippen MR) is 53.8 cm³/mol. The summed E-state index contributed by atoms with van der Waals surface area (Å²) in [7, 11) is 2.51. The summed E-state index contributed by atoms with van der Waals surface area (Å²) in [6.07, 6.45) is -5.91. The van der Waals surface area contributed by atoms with Crippen molar-refractivity contribution >= 4 is 17.7 Å². The molecule has 0 atom stereocenters. The fraction of sp³-hybridized carbons (Fsp3) is 0.667. The first kappa shape index (κ1) is 15.4. The zero-order chi connectivity index (χ0) is 13.6.